The minimum Gasteiger partial charge on any atom is -0.462 e. The van der Waals surface area contributed by atoms with Gasteiger partial charge in [0.2, 0.25) is 11.1 Å². The maximum atomic E-state index is 12.4. The van der Waals surface area contributed by atoms with Crippen molar-refractivity contribution in [2.45, 2.75) is 52.1 Å². The topological polar surface area (TPSA) is 112 Å². The first-order valence-corrected chi connectivity index (χ1v) is 10.6. The van der Waals surface area contributed by atoms with Crippen LogP contribution >= 0.6 is 23.1 Å². The maximum absolute atomic E-state index is 12.4. The van der Waals surface area contributed by atoms with E-state index in [1.54, 1.807) is 6.92 Å². The van der Waals surface area contributed by atoms with Crippen LogP contribution in [0.15, 0.2) is 5.16 Å². The second-order valence-corrected chi connectivity index (χ2v) is 8.08. The number of amides is 1. The molecule has 0 aliphatic heterocycles. The summed E-state index contributed by atoms with van der Waals surface area (Å²) in [5.74, 6) is 6.13. The second-order valence-electron chi connectivity index (χ2n) is 5.92. The van der Waals surface area contributed by atoms with E-state index in [0.717, 1.165) is 29.7 Å². The lowest BCUT2D eigenvalue weighted by Crippen LogP contribution is -2.18. The summed E-state index contributed by atoms with van der Waals surface area (Å²) in [7, 11) is 0. The number of aryl methyl sites for hydroxylation is 2. The van der Waals surface area contributed by atoms with Crippen LogP contribution in [0, 0.1) is 13.8 Å². The monoisotopic (exact) mass is 411 g/mol. The zero-order valence-electron chi connectivity index (χ0n) is 16.0. The molecule has 2 heterocycles. The number of thioether (sulfide) groups is 1. The van der Waals surface area contributed by atoms with E-state index < -0.39 is 5.97 Å². The molecule has 0 saturated heterocycles. The van der Waals surface area contributed by atoms with Gasteiger partial charge in [0, 0.05) is 11.3 Å². The average molecular weight is 412 g/mol. The molecule has 2 aromatic rings. The molecule has 0 atom stereocenters. The van der Waals surface area contributed by atoms with Crippen molar-refractivity contribution in [3.05, 3.63) is 21.8 Å². The molecule has 0 unspecified atom stereocenters. The van der Waals surface area contributed by atoms with E-state index >= 15 is 0 Å². The van der Waals surface area contributed by atoms with E-state index in [0.29, 0.717) is 21.5 Å². The number of hydrogen-bond acceptors (Lipinski definition) is 8. The largest absolute Gasteiger partial charge is 0.462 e. The highest BCUT2D eigenvalue weighted by atomic mass is 32.2. The molecule has 0 aliphatic carbocycles. The van der Waals surface area contributed by atoms with Crippen LogP contribution in [0.4, 0.5) is 5.00 Å². The molecule has 2 rings (SSSR count). The van der Waals surface area contributed by atoms with Crippen LogP contribution in [0.2, 0.25) is 0 Å². The number of esters is 1. The second kappa shape index (κ2) is 9.75. The van der Waals surface area contributed by atoms with E-state index in [4.69, 9.17) is 10.6 Å². The van der Waals surface area contributed by atoms with Gasteiger partial charge in [0.25, 0.3) is 0 Å². The number of carbonyl (C=O) groups excluding carboxylic acids is 2. The van der Waals surface area contributed by atoms with Crippen molar-refractivity contribution >= 4 is 40.0 Å². The molecule has 0 radical (unpaired) electrons. The summed E-state index contributed by atoms with van der Waals surface area (Å²) in [4.78, 5) is 25.5. The lowest BCUT2D eigenvalue weighted by molar-refractivity contribution is -0.113. The van der Waals surface area contributed by atoms with Crippen molar-refractivity contribution in [3.8, 4) is 0 Å². The highest BCUT2D eigenvalue weighted by Crippen LogP contribution is 2.33. The Hall–Kier alpha value is -2.07. The Balaban J connectivity index is 2.02. The number of nitrogen functional groups attached to an aromatic ring is 1. The molecule has 3 N–H and O–H groups in total. The first kappa shape index (κ1) is 21.2. The maximum Gasteiger partial charge on any atom is 0.341 e. The Morgan fingerprint density at radius 2 is 2.04 bits per heavy atom. The Bertz CT molecular complexity index is 816. The Morgan fingerprint density at radius 3 is 2.70 bits per heavy atom. The van der Waals surface area contributed by atoms with E-state index in [1.165, 1.54) is 27.8 Å². The van der Waals surface area contributed by atoms with Crippen molar-refractivity contribution in [1.82, 2.24) is 14.9 Å². The summed E-state index contributed by atoms with van der Waals surface area (Å²) in [5.41, 5.74) is 1.24. The van der Waals surface area contributed by atoms with Gasteiger partial charge in [-0.05, 0) is 32.8 Å². The van der Waals surface area contributed by atoms with Gasteiger partial charge in [-0.15, -0.1) is 21.5 Å². The van der Waals surface area contributed by atoms with E-state index in [1.807, 2.05) is 13.8 Å². The zero-order valence-corrected chi connectivity index (χ0v) is 17.6. The van der Waals surface area contributed by atoms with Gasteiger partial charge in [0.15, 0.2) is 5.82 Å². The molecule has 10 heteroatoms. The lowest BCUT2D eigenvalue weighted by atomic mass is 10.1. The van der Waals surface area contributed by atoms with Gasteiger partial charge in [0.05, 0.1) is 17.9 Å². The van der Waals surface area contributed by atoms with E-state index in [2.05, 4.69) is 22.4 Å². The molecule has 0 fully saturated rings. The molecule has 0 aromatic carbocycles. The number of nitrogens with two attached hydrogens (primary N) is 1. The minimum atomic E-state index is -0.426. The molecular formula is C17H25N5O3S2. The van der Waals surface area contributed by atoms with Gasteiger partial charge in [-0.3, -0.25) is 4.79 Å². The fourth-order valence-corrected chi connectivity index (χ4v) is 4.11. The Kier molecular flexibility index (Phi) is 7.66. The van der Waals surface area contributed by atoms with Crippen molar-refractivity contribution in [2.24, 2.45) is 0 Å². The van der Waals surface area contributed by atoms with Gasteiger partial charge in [-0.25, -0.2) is 9.47 Å². The normalized spacial score (nSPS) is 10.8. The highest BCUT2D eigenvalue weighted by molar-refractivity contribution is 7.99. The molecule has 0 aliphatic rings. The van der Waals surface area contributed by atoms with Gasteiger partial charge in [0.1, 0.15) is 5.00 Å². The van der Waals surface area contributed by atoms with Crippen molar-refractivity contribution in [2.75, 3.05) is 23.5 Å². The standard InChI is InChI=1S/C17H25N5O3S2/c1-5-7-8-12-20-21-17(22(12)18)26-9-13(23)19-15-14(16(24)25-6-2)10(3)11(4)27-15/h5-9,18H2,1-4H3,(H,19,23). The number of nitrogens with one attached hydrogen (secondary N) is 1. The quantitative estimate of drug-likeness (QED) is 0.371. The number of nitrogens with zero attached hydrogens (tertiary/aromatic N) is 3. The minimum absolute atomic E-state index is 0.112. The van der Waals surface area contributed by atoms with Gasteiger partial charge in [-0.1, -0.05) is 25.1 Å². The first-order chi connectivity index (χ1) is 12.9. The van der Waals surface area contributed by atoms with Crippen LogP contribution in [0.25, 0.3) is 0 Å². The van der Waals surface area contributed by atoms with E-state index in [-0.39, 0.29) is 18.3 Å². The predicted molar refractivity (Wildman–Crippen MR) is 108 cm³/mol. The summed E-state index contributed by atoms with van der Waals surface area (Å²) in [6.45, 7) is 7.87. The Labute approximate surface area is 166 Å². The molecule has 8 nitrogen and oxygen atoms in total. The van der Waals surface area contributed by atoms with Crippen LogP contribution in [0.5, 0.6) is 0 Å². The van der Waals surface area contributed by atoms with Crippen LogP contribution in [-0.4, -0.2) is 39.1 Å². The predicted octanol–water partition coefficient (Wildman–Crippen LogP) is 2.92. The molecule has 148 valence electrons. The summed E-state index contributed by atoms with van der Waals surface area (Å²) in [5, 5.41) is 11.9. The molecule has 0 spiro atoms. The number of hydrogen-bond donors (Lipinski definition) is 2. The molecule has 1 amide bonds. The van der Waals surface area contributed by atoms with Crippen LogP contribution in [0.3, 0.4) is 0 Å². The third-order valence-corrected chi connectivity index (χ3v) is 6.01. The number of aromatic nitrogens is 3. The zero-order chi connectivity index (χ0) is 20.0. The average Bonchev–Trinajstić information content (AvgIpc) is 3.11. The molecule has 0 bridgehead atoms. The fraction of sp³-hybridized carbons (Fsp3) is 0.529. The van der Waals surface area contributed by atoms with Crippen molar-refractivity contribution in [3.63, 3.8) is 0 Å². The molecule has 0 saturated carbocycles. The lowest BCUT2D eigenvalue weighted by Gasteiger charge is -2.07. The highest BCUT2D eigenvalue weighted by Gasteiger charge is 2.22. The number of anilines is 1. The van der Waals surface area contributed by atoms with Crippen LogP contribution in [-0.2, 0) is 16.0 Å². The molecule has 2 aromatic heterocycles. The number of rotatable bonds is 9. The Morgan fingerprint density at radius 1 is 1.30 bits per heavy atom. The smallest absolute Gasteiger partial charge is 0.341 e. The van der Waals surface area contributed by atoms with Crippen LogP contribution in [0.1, 0.15) is 53.3 Å². The van der Waals surface area contributed by atoms with Gasteiger partial charge < -0.3 is 15.9 Å². The summed E-state index contributed by atoms with van der Waals surface area (Å²) in [6.07, 6.45) is 2.78. The first-order valence-electron chi connectivity index (χ1n) is 8.78. The molecular weight excluding hydrogens is 386 g/mol. The van der Waals surface area contributed by atoms with Crippen molar-refractivity contribution < 1.29 is 14.3 Å². The van der Waals surface area contributed by atoms with Crippen LogP contribution < -0.4 is 11.2 Å². The van der Waals surface area contributed by atoms with Gasteiger partial charge >= 0.3 is 5.97 Å². The number of thiophene rings is 1. The fourth-order valence-electron chi connectivity index (χ4n) is 2.37. The third-order valence-electron chi connectivity index (χ3n) is 3.94. The summed E-state index contributed by atoms with van der Waals surface area (Å²) < 4.78 is 6.53. The number of ether oxygens (including phenoxy) is 1. The van der Waals surface area contributed by atoms with Crippen molar-refractivity contribution in [1.29, 1.82) is 0 Å². The summed E-state index contributed by atoms with van der Waals surface area (Å²) >= 11 is 2.57. The summed E-state index contributed by atoms with van der Waals surface area (Å²) in [6, 6.07) is 0. The number of carbonyl (C=O) groups is 2. The molecule has 27 heavy (non-hydrogen) atoms. The SMILES string of the molecule is CCCCc1nnc(SCC(=O)Nc2sc(C)c(C)c2C(=O)OCC)n1N. The third kappa shape index (κ3) is 5.23. The van der Waals surface area contributed by atoms with Gasteiger partial charge in [-0.2, -0.15) is 0 Å². The van der Waals surface area contributed by atoms with E-state index in [9.17, 15) is 9.59 Å². The number of unbranched alkanes of at least 4 members (excludes halogenated alkanes) is 1.